The summed E-state index contributed by atoms with van der Waals surface area (Å²) in [5.74, 6) is -23.6. The largest absolute Gasteiger partial charge is 0.508 e. The summed E-state index contributed by atoms with van der Waals surface area (Å²) in [6.45, 7) is 0. The number of carbonyl (C=O) groups excluding carboxylic acids is 5. The molecule has 6 atom stereocenters. The Hall–Kier alpha value is -3.75. The number of likely N-dealkylation sites (tertiary alicyclic amines) is 1. The van der Waals surface area contributed by atoms with Crippen molar-refractivity contribution >= 4 is 70.2 Å². The van der Waals surface area contributed by atoms with Crippen molar-refractivity contribution in [1.29, 1.82) is 0 Å². The van der Waals surface area contributed by atoms with E-state index < -0.39 is 104 Å². The third kappa shape index (κ3) is 3.81. The topological polar surface area (TPSA) is 121 Å². The Morgan fingerprint density at radius 2 is 1.53 bits per heavy atom. The predicted octanol–water partition coefficient (Wildman–Crippen LogP) is 5.07. The monoisotopic (exact) mass is 692 g/mol. The van der Waals surface area contributed by atoms with Gasteiger partial charge in [0, 0.05) is 10.9 Å². The van der Waals surface area contributed by atoms with E-state index in [0.717, 1.165) is 19.2 Å². The van der Waals surface area contributed by atoms with E-state index >= 15 is 8.78 Å². The van der Waals surface area contributed by atoms with Crippen LogP contribution in [0.3, 0.4) is 0 Å². The Bertz CT molecular complexity index is 1800. The number of methoxy groups -OCH3 is 1. The highest BCUT2D eigenvalue weighted by atomic mass is 35.5. The van der Waals surface area contributed by atoms with E-state index in [1.165, 1.54) is 12.1 Å². The van der Waals surface area contributed by atoms with Gasteiger partial charge in [-0.3, -0.25) is 19.2 Å². The number of carbonyl (C=O) groups is 5. The van der Waals surface area contributed by atoms with E-state index in [-0.39, 0.29) is 38.1 Å². The average Bonchev–Trinajstić information content (AvgIpc) is 3.34. The summed E-state index contributed by atoms with van der Waals surface area (Å²) in [5, 5.41) is 9.73. The zero-order valence-electron chi connectivity index (χ0n) is 22.3. The normalized spacial score (nSPS) is 30.7. The average molecular weight is 694 g/mol. The second kappa shape index (κ2) is 10.1. The lowest BCUT2D eigenvalue weighted by Gasteiger charge is -2.50. The highest BCUT2D eigenvalue weighted by Gasteiger charge is 2.77. The van der Waals surface area contributed by atoms with Crippen LogP contribution < -0.4 is 4.90 Å². The number of imide groups is 4. The first kappa shape index (κ1) is 31.2. The van der Waals surface area contributed by atoms with Crippen molar-refractivity contribution in [3.05, 3.63) is 69.5 Å². The number of aromatic hydroxyl groups is 1. The van der Waals surface area contributed by atoms with Gasteiger partial charge < -0.3 is 9.84 Å². The molecule has 2 aliphatic carbocycles. The first-order chi connectivity index (χ1) is 21.0. The summed E-state index contributed by atoms with van der Waals surface area (Å²) in [5.41, 5.74) is -1.89. The lowest BCUT2D eigenvalue weighted by Crippen LogP contribution is -2.60. The minimum Gasteiger partial charge on any atom is -0.508 e. The molecule has 2 aromatic carbocycles. The third-order valence-corrected chi connectivity index (χ3v) is 10.6. The van der Waals surface area contributed by atoms with Crippen LogP contribution in [0.1, 0.15) is 24.3 Å². The van der Waals surface area contributed by atoms with Crippen LogP contribution in [-0.4, -0.2) is 56.6 Å². The summed E-state index contributed by atoms with van der Waals surface area (Å²) in [4.78, 5) is 61.6. The molecule has 2 aliphatic heterocycles. The molecule has 4 aliphatic rings. The van der Waals surface area contributed by atoms with Crippen molar-refractivity contribution in [3.8, 4) is 5.75 Å². The number of phenolic OH excluding ortho intramolecular Hbond substituents is 1. The van der Waals surface area contributed by atoms with E-state index in [2.05, 4.69) is 4.74 Å². The van der Waals surface area contributed by atoms with Crippen molar-refractivity contribution < 1.29 is 55.8 Å². The minimum atomic E-state index is -2.78. The summed E-state index contributed by atoms with van der Waals surface area (Å²) in [7, 11) is 0.935. The van der Waals surface area contributed by atoms with Crippen LogP contribution in [0.2, 0.25) is 5.02 Å². The number of nitrogens with zero attached hydrogens (tertiary/aromatic N) is 2. The first-order valence-corrected chi connectivity index (χ1v) is 14.1. The van der Waals surface area contributed by atoms with Gasteiger partial charge in [-0.15, -0.1) is 23.2 Å². The molecule has 45 heavy (non-hydrogen) atoms. The van der Waals surface area contributed by atoms with Crippen LogP contribution in [-0.2, 0) is 23.9 Å². The predicted molar refractivity (Wildman–Crippen MR) is 144 cm³/mol. The smallest absolute Gasteiger partial charge is 0.423 e. The van der Waals surface area contributed by atoms with Gasteiger partial charge >= 0.3 is 6.09 Å². The van der Waals surface area contributed by atoms with Crippen LogP contribution >= 0.6 is 34.8 Å². The SMILES string of the molecule is COC(=O)N1C(=O)C2CC=C3C(CC4(Cl)C(=O)N(c5c(F)c(F)c(F)c(F)c5F)C(=O)C4(Cl)C3c3ccc(O)cc3Cl)C2C1=O. The van der Waals surface area contributed by atoms with Crippen molar-refractivity contribution in [1.82, 2.24) is 4.90 Å². The zero-order valence-corrected chi connectivity index (χ0v) is 24.6. The van der Waals surface area contributed by atoms with E-state index in [0.29, 0.717) is 0 Å². The summed E-state index contributed by atoms with van der Waals surface area (Å²) in [6.07, 6.45) is -0.814. The second-order valence-corrected chi connectivity index (χ2v) is 12.5. The molecule has 0 spiro atoms. The zero-order chi connectivity index (χ0) is 33.1. The number of benzene rings is 2. The molecular weight excluding hydrogens is 678 g/mol. The van der Waals surface area contributed by atoms with Gasteiger partial charge in [-0.25, -0.2) is 31.6 Å². The quantitative estimate of drug-likeness (QED) is 0.117. The number of fused-ring (bicyclic) bond motifs is 4. The Kier molecular flexibility index (Phi) is 7.03. The number of anilines is 1. The molecule has 2 heterocycles. The molecule has 0 bridgehead atoms. The van der Waals surface area contributed by atoms with Crippen LogP contribution in [0, 0.1) is 46.8 Å². The van der Waals surface area contributed by atoms with Crippen molar-refractivity contribution in [2.45, 2.75) is 28.5 Å². The van der Waals surface area contributed by atoms with Gasteiger partial charge in [0.15, 0.2) is 33.0 Å². The molecular formula is C28H16Cl3F5N2O7. The van der Waals surface area contributed by atoms with E-state index in [1.54, 1.807) is 0 Å². The molecule has 1 saturated carbocycles. The van der Waals surface area contributed by atoms with Gasteiger partial charge in [-0.1, -0.05) is 29.3 Å². The second-order valence-electron chi connectivity index (χ2n) is 10.9. The summed E-state index contributed by atoms with van der Waals surface area (Å²) >= 11 is 20.3. The standard InChI is InChI=1S/C28H16Cl3F5N2O7/c1-45-26(44)38-22(40)11-5-4-9-12(14(11)23(38)41)7-27(30)24(42)37(21-19(35)17(33)16(32)18(34)20(21)36)25(43)28(27,31)15(9)10-3-2-8(39)6-13(10)29/h2-4,6,11-12,14-15,39H,5,7H2,1H3. The number of ether oxygens (including phenoxy) is 1. The highest BCUT2D eigenvalue weighted by Crippen LogP contribution is 2.66. The van der Waals surface area contributed by atoms with E-state index in [4.69, 9.17) is 34.8 Å². The lowest BCUT2D eigenvalue weighted by molar-refractivity contribution is -0.138. The third-order valence-electron chi connectivity index (χ3n) is 8.87. The number of rotatable bonds is 2. The van der Waals surface area contributed by atoms with Gasteiger partial charge in [-0.05, 0) is 36.5 Å². The molecule has 1 N–H and O–H groups in total. The Morgan fingerprint density at radius 1 is 0.933 bits per heavy atom. The number of phenols is 1. The molecule has 9 nitrogen and oxygen atoms in total. The molecule has 236 valence electrons. The molecule has 3 fully saturated rings. The summed E-state index contributed by atoms with van der Waals surface area (Å²) in [6, 6.07) is 3.36. The maximum Gasteiger partial charge on any atom is 0.423 e. The van der Waals surface area contributed by atoms with Gasteiger partial charge in [0.1, 0.15) is 11.4 Å². The molecule has 17 heteroatoms. The van der Waals surface area contributed by atoms with E-state index in [1.807, 2.05) is 0 Å². The number of hydrogen-bond donors (Lipinski definition) is 1. The molecule has 0 aromatic heterocycles. The summed E-state index contributed by atoms with van der Waals surface area (Å²) < 4.78 is 77.0. The first-order valence-electron chi connectivity index (χ1n) is 13.0. The fourth-order valence-corrected chi connectivity index (χ4v) is 8.14. The lowest BCUT2D eigenvalue weighted by atomic mass is 9.56. The fourth-order valence-electron chi connectivity index (χ4n) is 6.93. The number of amides is 5. The minimum absolute atomic E-state index is 0.0779. The molecule has 6 unspecified atom stereocenters. The number of allylic oxidation sites excluding steroid dienone is 2. The van der Waals surface area contributed by atoms with Crippen LogP contribution in [0.4, 0.5) is 32.4 Å². The van der Waals surface area contributed by atoms with Crippen molar-refractivity contribution in [2.75, 3.05) is 12.0 Å². The maximum atomic E-state index is 15.0. The molecule has 5 amide bonds. The Labute approximate surface area is 264 Å². The van der Waals surface area contributed by atoms with Crippen LogP contribution in [0.15, 0.2) is 29.8 Å². The van der Waals surface area contributed by atoms with Gasteiger partial charge in [-0.2, -0.15) is 4.90 Å². The Morgan fingerprint density at radius 3 is 2.11 bits per heavy atom. The highest BCUT2D eigenvalue weighted by molar-refractivity contribution is 6.58. The Balaban J connectivity index is 1.61. The van der Waals surface area contributed by atoms with Gasteiger partial charge in [0.2, 0.25) is 17.6 Å². The molecule has 0 radical (unpaired) electrons. The van der Waals surface area contributed by atoms with Crippen molar-refractivity contribution in [3.63, 3.8) is 0 Å². The number of hydrogen-bond acceptors (Lipinski definition) is 7. The molecule has 2 aromatic rings. The van der Waals surface area contributed by atoms with E-state index in [9.17, 15) is 42.3 Å². The number of halogens is 8. The van der Waals surface area contributed by atoms with Gasteiger partial charge in [0.05, 0.1) is 18.9 Å². The van der Waals surface area contributed by atoms with Crippen LogP contribution in [0.25, 0.3) is 0 Å². The maximum absolute atomic E-state index is 15.0. The van der Waals surface area contributed by atoms with Crippen LogP contribution in [0.5, 0.6) is 5.75 Å². The molecule has 2 saturated heterocycles. The number of alkyl halides is 2. The van der Waals surface area contributed by atoms with Crippen molar-refractivity contribution in [2.24, 2.45) is 17.8 Å². The molecule has 6 rings (SSSR count). The van der Waals surface area contributed by atoms with Gasteiger partial charge in [0.25, 0.3) is 11.8 Å². The fraction of sp³-hybridized carbons (Fsp3) is 0.321.